The van der Waals surface area contributed by atoms with Gasteiger partial charge in [0.1, 0.15) is 0 Å². The van der Waals surface area contributed by atoms with Gasteiger partial charge in [-0.2, -0.15) is 0 Å². The maximum atomic E-state index is 10.9. The van der Waals surface area contributed by atoms with E-state index in [0.29, 0.717) is 0 Å². The van der Waals surface area contributed by atoms with Crippen molar-refractivity contribution >= 4 is 23.0 Å². The molecule has 9 heteroatoms. The average molecular weight is 296 g/mol. The van der Waals surface area contributed by atoms with Crippen molar-refractivity contribution in [3.05, 3.63) is 61.9 Å². The number of benzene rings is 1. The Kier molecular flexibility index (Phi) is 3.76. The third-order valence-electron chi connectivity index (χ3n) is 2.29. The molecule has 0 aliphatic heterocycles. The van der Waals surface area contributed by atoms with Gasteiger partial charge in [0.25, 0.3) is 5.69 Å². The van der Waals surface area contributed by atoms with Gasteiger partial charge in [0.05, 0.1) is 15.9 Å². The second kappa shape index (κ2) is 5.49. The molecule has 0 aliphatic carbocycles. The Balaban J connectivity index is 2.44. The van der Waals surface area contributed by atoms with E-state index in [9.17, 15) is 20.2 Å². The van der Waals surface area contributed by atoms with Gasteiger partial charge in [-0.25, -0.2) is 4.98 Å². The van der Waals surface area contributed by atoms with E-state index in [1.807, 2.05) is 0 Å². The predicted octanol–water partition coefficient (Wildman–Crippen LogP) is 3.34. The minimum Gasteiger partial charge on any atom is -0.447 e. The summed E-state index contributed by atoms with van der Waals surface area (Å²) >= 11 is 5.77. The average Bonchev–Trinajstić information content (AvgIpc) is 2.41. The smallest absolute Gasteiger partial charge is 0.318 e. The fraction of sp³-hybridized carbons (Fsp3) is 0. The first-order chi connectivity index (χ1) is 9.49. The van der Waals surface area contributed by atoms with Gasteiger partial charge in [0.2, 0.25) is 5.75 Å². The van der Waals surface area contributed by atoms with Crippen molar-refractivity contribution in [1.29, 1.82) is 0 Å². The molecule has 0 bridgehead atoms. The molecule has 1 heterocycles. The molecule has 20 heavy (non-hydrogen) atoms. The van der Waals surface area contributed by atoms with Crippen LogP contribution >= 0.6 is 11.6 Å². The molecule has 0 N–H and O–H groups in total. The first-order valence-electron chi connectivity index (χ1n) is 5.20. The molecule has 0 fully saturated rings. The summed E-state index contributed by atoms with van der Waals surface area (Å²) in [4.78, 5) is 23.8. The first kappa shape index (κ1) is 13.7. The number of nitro groups is 2. The summed E-state index contributed by atoms with van der Waals surface area (Å²) in [5, 5.41) is 21.6. The number of non-ortho nitro benzene ring substituents is 1. The number of aromatic nitrogens is 1. The summed E-state index contributed by atoms with van der Waals surface area (Å²) in [7, 11) is 0. The molecular formula is C11H6ClN3O5. The van der Waals surface area contributed by atoms with Crippen LogP contribution in [-0.2, 0) is 0 Å². The molecule has 0 saturated heterocycles. The van der Waals surface area contributed by atoms with Crippen LogP contribution in [0.1, 0.15) is 0 Å². The molecule has 102 valence electrons. The summed E-state index contributed by atoms with van der Waals surface area (Å²) in [5.41, 5.74) is -0.930. The molecule has 0 radical (unpaired) electrons. The van der Waals surface area contributed by atoms with Crippen LogP contribution < -0.4 is 4.74 Å². The third-order valence-corrected chi connectivity index (χ3v) is 2.58. The lowest BCUT2D eigenvalue weighted by molar-refractivity contribution is -0.394. The van der Waals surface area contributed by atoms with E-state index in [1.54, 1.807) is 6.07 Å². The van der Waals surface area contributed by atoms with Crippen LogP contribution in [0.15, 0.2) is 36.5 Å². The van der Waals surface area contributed by atoms with E-state index in [1.165, 1.54) is 12.3 Å². The fourth-order valence-electron chi connectivity index (χ4n) is 1.41. The molecule has 2 aromatic rings. The Morgan fingerprint density at radius 1 is 1.10 bits per heavy atom. The number of pyridine rings is 1. The summed E-state index contributed by atoms with van der Waals surface area (Å²) in [5.74, 6) is -0.0402. The monoisotopic (exact) mass is 295 g/mol. The Bertz CT molecular complexity index is 692. The maximum Gasteiger partial charge on any atom is 0.318 e. The van der Waals surface area contributed by atoms with Gasteiger partial charge in [-0.3, -0.25) is 20.2 Å². The van der Waals surface area contributed by atoms with E-state index in [4.69, 9.17) is 16.3 Å². The third kappa shape index (κ3) is 2.81. The number of hydrogen-bond acceptors (Lipinski definition) is 6. The largest absolute Gasteiger partial charge is 0.447 e. The van der Waals surface area contributed by atoms with E-state index >= 15 is 0 Å². The lowest BCUT2D eigenvalue weighted by Crippen LogP contribution is -1.96. The summed E-state index contributed by atoms with van der Waals surface area (Å²) < 4.78 is 5.28. The van der Waals surface area contributed by atoms with Crippen LogP contribution in [0.2, 0.25) is 5.15 Å². The quantitative estimate of drug-likeness (QED) is 0.486. The second-order valence-corrected chi connectivity index (χ2v) is 3.92. The van der Waals surface area contributed by atoms with E-state index in [0.717, 1.165) is 18.2 Å². The lowest BCUT2D eigenvalue weighted by atomic mass is 10.2. The zero-order valence-corrected chi connectivity index (χ0v) is 10.5. The number of rotatable bonds is 4. The van der Waals surface area contributed by atoms with Crippen LogP contribution in [0, 0.1) is 20.2 Å². The van der Waals surface area contributed by atoms with Gasteiger partial charge in [-0.1, -0.05) is 11.6 Å². The minimum atomic E-state index is -0.771. The second-order valence-electron chi connectivity index (χ2n) is 3.56. The van der Waals surface area contributed by atoms with Crippen molar-refractivity contribution in [2.75, 3.05) is 0 Å². The number of nitro benzene ring substituents is 2. The van der Waals surface area contributed by atoms with Crippen LogP contribution in [0.3, 0.4) is 0 Å². The van der Waals surface area contributed by atoms with Crippen LogP contribution in [0.25, 0.3) is 0 Å². The number of halogens is 1. The standard InChI is InChI=1S/C11H6ClN3O5/c12-11-10(2-1-5-13-11)20-9-4-3-7(14(16)17)6-8(9)15(18)19/h1-6H. The zero-order valence-electron chi connectivity index (χ0n) is 9.72. The SMILES string of the molecule is O=[N+]([O-])c1ccc(Oc2cccnc2Cl)c([N+](=O)[O-])c1. The van der Waals surface area contributed by atoms with E-state index in [2.05, 4.69) is 4.98 Å². The van der Waals surface area contributed by atoms with Gasteiger partial charge >= 0.3 is 5.69 Å². The van der Waals surface area contributed by atoms with Gasteiger partial charge in [0.15, 0.2) is 10.9 Å². The molecule has 0 aliphatic rings. The first-order valence-corrected chi connectivity index (χ1v) is 5.58. The minimum absolute atomic E-state index is 0.0279. The molecule has 1 aromatic carbocycles. The van der Waals surface area contributed by atoms with Crippen molar-refractivity contribution < 1.29 is 14.6 Å². The topological polar surface area (TPSA) is 108 Å². The van der Waals surface area contributed by atoms with Gasteiger partial charge < -0.3 is 4.74 Å². The highest BCUT2D eigenvalue weighted by Crippen LogP contribution is 2.36. The number of hydrogen-bond donors (Lipinski definition) is 0. The van der Waals surface area contributed by atoms with E-state index < -0.39 is 21.2 Å². The lowest BCUT2D eigenvalue weighted by Gasteiger charge is -2.06. The number of ether oxygens (including phenoxy) is 1. The van der Waals surface area contributed by atoms with Gasteiger partial charge in [-0.05, 0) is 18.2 Å². The molecule has 0 spiro atoms. The Labute approximate surface area is 116 Å². The zero-order chi connectivity index (χ0) is 14.7. The van der Waals surface area contributed by atoms with Crippen molar-refractivity contribution in [3.63, 3.8) is 0 Å². The Morgan fingerprint density at radius 3 is 2.45 bits per heavy atom. The highest BCUT2D eigenvalue weighted by Gasteiger charge is 2.21. The van der Waals surface area contributed by atoms with Gasteiger partial charge in [-0.15, -0.1) is 0 Å². The molecule has 0 saturated carbocycles. The molecule has 8 nitrogen and oxygen atoms in total. The fourth-order valence-corrected chi connectivity index (χ4v) is 1.57. The summed E-state index contributed by atoms with van der Waals surface area (Å²) in [6.07, 6.45) is 1.43. The van der Waals surface area contributed by atoms with Crippen LogP contribution in [0.4, 0.5) is 11.4 Å². The van der Waals surface area contributed by atoms with E-state index in [-0.39, 0.29) is 16.7 Å². The summed E-state index contributed by atoms with van der Waals surface area (Å²) in [6.45, 7) is 0. The molecule has 0 unspecified atom stereocenters. The normalized spacial score (nSPS) is 10.1. The Morgan fingerprint density at radius 2 is 1.85 bits per heavy atom. The maximum absolute atomic E-state index is 10.9. The van der Waals surface area contributed by atoms with Crippen LogP contribution in [-0.4, -0.2) is 14.8 Å². The Hall–Kier alpha value is -2.74. The van der Waals surface area contributed by atoms with Crippen molar-refractivity contribution in [2.45, 2.75) is 0 Å². The highest BCUT2D eigenvalue weighted by atomic mass is 35.5. The molecule has 0 atom stereocenters. The predicted molar refractivity (Wildman–Crippen MR) is 69.1 cm³/mol. The molecule has 2 rings (SSSR count). The molecular weight excluding hydrogens is 290 g/mol. The molecule has 0 amide bonds. The van der Waals surface area contributed by atoms with Crippen LogP contribution in [0.5, 0.6) is 11.5 Å². The van der Waals surface area contributed by atoms with Crippen molar-refractivity contribution in [2.24, 2.45) is 0 Å². The molecule has 1 aromatic heterocycles. The van der Waals surface area contributed by atoms with Crippen molar-refractivity contribution in [1.82, 2.24) is 4.98 Å². The summed E-state index contributed by atoms with van der Waals surface area (Å²) in [6, 6.07) is 6.07. The highest BCUT2D eigenvalue weighted by molar-refractivity contribution is 6.30. The van der Waals surface area contributed by atoms with Gasteiger partial charge in [0, 0.05) is 12.3 Å². The van der Waals surface area contributed by atoms with Crippen molar-refractivity contribution in [3.8, 4) is 11.5 Å². The number of nitrogens with zero attached hydrogens (tertiary/aromatic N) is 3.